The summed E-state index contributed by atoms with van der Waals surface area (Å²) in [5.41, 5.74) is 1.14. The van der Waals surface area contributed by atoms with Gasteiger partial charge in [0, 0.05) is 24.0 Å². The second-order valence-corrected chi connectivity index (χ2v) is 5.86. The van der Waals surface area contributed by atoms with Crippen LogP contribution in [-0.2, 0) is 0 Å². The summed E-state index contributed by atoms with van der Waals surface area (Å²) in [6.07, 6.45) is 1.67. The Balaban J connectivity index is 2.78. The molecule has 2 heteroatoms. The average molecular weight is 199 g/mol. The van der Waals surface area contributed by atoms with Gasteiger partial charge in [-0.1, -0.05) is 13.8 Å². The molecule has 0 aliphatic carbocycles. The van der Waals surface area contributed by atoms with Crippen LogP contribution in [0.1, 0.15) is 41.0 Å². The second-order valence-electron chi connectivity index (χ2n) is 5.86. The third-order valence-corrected chi connectivity index (χ3v) is 3.19. The van der Waals surface area contributed by atoms with E-state index in [2.05, 4.69) is 39.5 Å². The predicted molar refractivity (Wildman–Crippen MR) is 58.9 cm³/mol. The van der Waals surface area contributed by atoms with Gasteiger partial charge in [0.15, 0.2) is 0 Å². The first-order chi connectivity index (χ1) is 6.27. The van der Waals surface area contributed by atoms with Crippen molar-refractivity contribution >= 4 is 0 Å². The molecule has 82 valence electrons. The predicted octanol–water partition coefficient (Wildman–Crippen LogP) is 3.37. The molecule has 0 atom stereocenters. The number of rotatable bonds is 0. The second kappa shape index (κ2) is 3.65. The Morgan fingerprint density at radius 2 is 1.93 bits per heavy atom. The summed E-state index contributed by atoms with van der Waals surface area (Å²) in [5.74, 6) is 0. The topological polar surface area (TPSA) is 3.24 Å². The molecule has 0 aromatic carbocycles. The van der Waals surface area contributed by atoms with Crippen LogP contribution in [0.2, 0.25) is 0 Å². The lowest BCUT2D eigenvalue weighted by molar-refractivity contribution is 0.0732. The minimum absolute atomic E-state index is 0.0136. The summed E-state index contributed by atoms with van der Waals surface area (Å²) in [6.45, 7) is 12.8. The van der Waals surface area contributed by atoms with Gasteiger partial charge in [-0.15, -0.1) is 0 Å². The summed E-state index contributed by atoms with van der Waals surface area (Å²) in [4.78, 5) is 2.43. The number of piperidine rings is 1. The maximum atomic E-state index is 12.6. The SMILES string of the molecule is CC1(C)CN(C(C)(C)C)CC/C1=C/F. The van der Waals surface area contributed by atoms with Crippen LogP contribution in [0, 0.1) is 5.41 Å². The van der Waals surface area contributed by atoms with Crippen LogP contribution in [-0.4, -0.2) is 23.5 Å². The molecule has 1 aliphatic rings. The molecular formula is C12H22FN. The Hall–Kier alpha value is -0.370. The van der Waals surface area contributed by atoms with Crippen molar-refractivity contribution in [1.82, 2.24) is 4.90 Å². The Kier molecular flexibility index (Phi) is 3.05. The van der Waals surface area contributed by atoms with E-state index in [1.807, 2.05) is 0 Å². The van der Waals surface area contributed by atoms with Crippen molar-refractivity contribution in [2.45, 2.75) is 46.6 Å². The van der Waals surface area contributed by atoms with Crippen LogP contribution in [0.25, 0.3) is 0 Å². The van der Waals surface area contributed by atoms with Crippen molar-refractivity contribution < 1.29 is 4.39 Å². The van der Waals surface area contributed by atoms with E-state index in [9.17, 15) is 4.39 Å². The minimum Gasteiger partial charge on any atom is -0.297 e. The Morgan fingerprint density at radius 1 is 1.36 bits per heavy atom. The maximum Gasteiger partial charge on any atom is 0.0865 e. The molecule has 14 heavy (non-hydrogen) atoms. The number of nitrogens with zero attached hydrogens (tertiary/aromatic N) is 1. The molecule has 0 spiro atoms. The first kappa shape index (κ1) is 11.7. The van der Waals surface area contributed by atoms with E-state index >= 15 is 0 Å². The zero-order valence-corrected chi connectivity index (χ0v) is 10.0. The summed E-state index contributed by atoms with van der Waals surface area (Å²) in [5, 5.41) is 0. The largest absolute Gasteiger partial charge is 0.297 e. The zero-order chi connectivity index (χ0) is 11.0. The molecule has 0 unspecified atom stereocenters. The Bertz CT molecular complexity index is 235. The van der Waals surface area contributed by atoms with Crippen LogP contribution in [0.5, 0.6) is 0 Å². The number of hydrogen-bond acceptors (Lipinski definition) is 1. The van der Waals surface area contributed by atoms with Crippen LogP contribution in [0.3, 0.4) is 0 Å². The van der Waals surface area contributed by atoms with E-state index in [-0.39, 0.29) is 11.0 Å². The van der Waals surface area contributed by atoms with Crippen LogP contribution < -0.4 is 0 Å². The lowest BCUT2D eigenvalue weighted by Crippen LogP contribution is -2.50. The highest BCUT2D eigenvalue weighted by Gasteiger charge is 2.35. The summed E-state index contributed by atoms with van der Waals surface area (Å²) >= 11 is 0. The van der Waals surface area contributed by atoms with E-state index in [1.165, 1.54) is 0 Å². The van der Waals surface area contributed by atoms with Crippen LogP contribution >= 0.6 is 0 Å². The number of hydrogen-bond donors (Lipinski definition) is 0. The maximum absolute atomic E-state index is 12.6. The van der Waals surface area contributed by atoms with Gasteiger partial charge < -0.3 is 0 Å². The molecular weight excluding hydrogens is 177 g/mol. The van der Waals surface area contributed by atoms with Gasteiger partial charge in [-0.2, -0.15) is 0 Å². The van der Waals surface area contributed by atoms with Crippen molar-refractivity contribution in [2.24, 2.45) is 5.41 Å². The van der Waals surface area contributed by atoms with Gasteiger partial charge in [0.05, 0.1) is 6.33 Å². The van der Waals surface area contributed by atoms with E-state index < -0.39 is 0 Å². The first-order valence-electron chi connectivity index (χ1n) is 5.32. The van der Waals surface area contributed by atoms with Crippen LogP contribution in [0.4, 0.5) is 4.39 Å². The summed E-state index contributed by atoms with van der Waals surface area (Å²) < 4.78 is 12.6. The van der Waals surface area contributed by atoms with Gasteiger partial charge in [0.1, 0.15) is 0 Å². The van der Waals surface area contributed by atoms with Crippen molar-refractivity contribution in [3.8, 4) is 0 Å². The fourth-order valence-corrected chi connectivity index (χ4v) is 2.03. The molecule has 1 aliphatic heterocycles. The van der Waals surface area contributed by atoms with Crippen molar-refractivity contribution in [3.05, 3.63) is 11.9 Å². The molecule has 0 radical (unpaired) electrons. The highest BCUT2D eigenvalue weighted by atomic mass is 19.1. The summed E-state index contributed by atoms with van der Waals surface area (Å²) in [6, 6.07) is 0. The highest BCUT2D eigenvalue weighted by Crippen LogP contribution is 2.36. The van der Waals surface area contributed by atoms with Gasteiger partial charge in [-0.3, -0.25) is 4.90 Å². The summed E-state index contributed by atoms with van der Waals surface area (Å²) in [7, 11) is 0. The fraction of sp³-hybridized carbons (Fsp3) is 0.833. The monoisotopic (exact) mass is 199 g/mol. The Labute approximate surface area is 87.0 Å². The number of likely N-dealkylation sites (tertiary alicyclic amines) is 1. The van der Waals surface area contributed by atoms with E-state index in [4.69, 9.17) is 0 Å². The molecule has 1 nitrogen and oxygen atoms in total. The fourth-order valence-electron chi connectivity index (χ4n) is 2.03. The molecule has 0 N–H and O–H groups in total. The standard InChI is InChI=1S/C12H22FN/c1-11(2,3)14-7-6-10(8-13)12(4,5)9-14/h8H,6-7,9H2,1-5H3/b10-8-. The third kappa shape index (κ3) is 2.35. The lowest BCUT2D eigenvalue weighted by Gasteiger charge is -2.46. The average Bonchev–Trinajstić information content (AvgIpc) is 2.00. The molecule has 1 heterocycles. The number of halogens is 1. The van der Waals surface area contributed by atoms with Gasteiger partial charge >= 0.3 is 0 Å². The van der Waals surface area contributed by atoms with Crippen molar-refractivity contribution in [2.75, 3.05) is 13.1 Å². The van der Waals surface area contributed by atoms with E-state index in [0.29, 0.717) is 0 Å². The Morgan fingerprint density at radius 3 is 2.29 bits per heavy atom. The molecule has 0 saturated carbocycles. The van der Waals surface area contributed by atoms with Crippen LogP contribution in [0.15, 0.2) is 11.9 Å². The molecule has 0 aromatic rings. The molecule has 0 bridgehead atoms. The van der Waals surface area contributed by atoms with E-state index in [1.54, 1.807) is 0 Å². The lowest BCUT2D eigenvalue weighted by atomic mass is 9.78. The van der Waals surface area contributed by atoms with Crippen molar-refractivity contribution in [1.29, 1.82) is 0 Å². The molecule has 0 aromatic heterocycles. The quantitative estimate of drug-likeness (QED) is 0.578. The smallest absolute Gasteiger partial charge is 0.0865 e. The highest BCUT2D eigenvalue weighted by molar-refractivity contribution is 5.14. The van der Waals surface area contributed by atoms with E-state index in [0.717, 1.165) is 31.4 Å². The first-order valence-corrected chi connectivity index (χ1v) is 5.32. The van der Waals surface area contributed by atoms with Gasteiger partial charge in [-0.05, 0) is 32.8 Å². The minimum atomic E-state index is -0.0136. The molecule has 1 rings (SSSR count). The van der Waals surface area contributed by atoms with Crippen molar-refractivity contribution in [3.63, 3.8) is 0 Å². The molecule has 1 saturated heterocycles. The normalized spacial score (nSPS) is 26.9. The van der Waals surface area contributed by atoms with Gasteiger partial charge in [0.2, 0.25) is 0 Å². The van der Waals surface area contributed by atoms with Gasteiger partial charge in [-0.25, -0.2) is 4.39 Å². The molecule has 0 amide bonds. The molecule has 1 fully saturated rings. The zero-order valence-electron chi connectivity index (χ0n) is 10.0. The van der Waals surface area contributed by atoms with Gasteiger partial charge in [0.25, 0.3) is 0 Å². The third-order valence-electron chi connectivity index (χ3n) is 3.19.